The van der Waals surface area contributed by atoms with Crippen LogP contribution in [0.25, 0.3) is 0 Å². The molecule has 0 fully saturated rings. The highest BCUT2D eigenvalue weighted by atomic mass is 16.1. The first kappa shape index (κ1) is 15.3. The average molecular weight is 305 g/mol. The third-order valence-electron chi connectivity index (χ3n) is 4.20. The van der Waals surface area contributed by atoms with Gasteiger partial charge in [0, 0.05) is 6.04 Å². The first-order valence-electron chi connectivity index (χ1n) is 7.88. The van der Waals surface area contributed by atoms with Gasteiger partial charge in [-0.2, -0.15) is 5.26 Å². The predicted octanol–water partition coefficient (Wildman–Crippen LogP) is 3.16. The van der Waals surface area contributed by atoms with Crippen LogP contribution in [-0.4, -0.2) is 12.5 Å². The number of anilines is 1. The Labute approximate surface area is 136 Å². The Bertz CT molecular complexity index is 748. The molecule has 4 nitrogen and oxygen atoms in total. The number of carbonyl (C=O) groups excluding carboxylic acids is 1. The predicted molar refractivity (Wildman–Crippen MR) is 89.9 cm³/mol. The smallest absolute Gasteiger partial charge is 0.238 e. The van der Waals surface area contributed by atoms with E-state index in [9.17, 15) is 4.79 Å². The Balaban J connectivity index is 1.61. The largest absolute Gasteiger partial charge is 0.324 e. The van der Waals surface area contributed by atoms with Crippen LogP contribution in [0.2, 0.25) is 0 Å². The Morgan fingerprint density at radius 1 is 1.17 bits per heavy atom. The fourth-order valence-electron chi connectivity index (χ4n) is 3.07. The van der Waals surface area contributed by atoms with Crippen molar-refractivity contribution in [1.82, 2.24) is 5.32 Å². The minimum Gasteiger partial charge on any atom is -0.324 e. The molecule has 1 unspecified atom stereocenters. The fraction of sp³-hybridized carbons (Fsp3) is 0.263. The highest BCUT2D eigenvalue weighted by molar-refractivity contribution is 5.93. The van der Waals surface area contributed by atoms with E-state index in [0.717, 1.165) is 19.3 Å². The normalized spacial score (nSPS) is 16.2. The van der Waals surface area contributed by atoms with Gasteiger partial charge in [-0.25, -0.2) is 0 Å². The lowest BCUT2D eigenvalue weighted by atomic mass is 9.88. The van der Waals surface area contributed by atoms with Gasteiger partial charge in [0.15, 0.2) is 0 Å². The van der Waals surface area contributed by atoms with Crippen molar-refractivity contribution in [1.29, 1.82) is 5.26 Å². The zero-order chi connectivity index (χ0) is 16.1. The summed E-state index contributed by atoms with van der Waals surface area (Å²) in [7, 11) is 0. The Kier molecular flexibility index (Phi) is 4.70. The highest BCUT2D eigenvalue weighted by Gasteiger charge is 2.19. The van der Waals surface area contributed by atoms with E-state index in [1.807, 2.05) is 6.07 Å². The van der Waals surface area contributed by atoms with E-state index in [0.29, 0.717) is 11.3 Å². The summed E-state index contributed by atoms with van der Waals surface area (Å²) in [5.41, 5.74) is 3.70. The summed E-state index contributed by atoms with van der Waals surface area (Å²) in [5, 5.41) is 15.2. The van der Waals surface area contributed by atoms with Gasteiger partial charge in [0.25, 0.3) is 0 Å². The number of benzene rings is 2. The van der Waals surface area contributed by atoms with Crippen LogP contribution in [0.1, 0.15) is 35.6 Å². The lowest BCUT2D eigenvalue weighted by Crippen LogP contribution is -2.33. The SMILES string of the molecule is N#Cc1ccccc1NC(=O)CNC1CCCc2ccccc21. The molecule has 3 rings (SSSR count). The maximum atomic E-state index is 12.2. The summed E-state index contributed by atoms with van der Waals surface area (Å²) in [6.07, 6.45) is 3.28. The third kappa shape index (κ3) is 3.58. The first-order valence-corrected chi connectivity index (χ1v) is 7.88. The van der Waals surface area contributed by atoms with Gasteiger partial charge in [-0.3, -0.25) is 4.79 Å². The van der Waals surface area contributed by atoms with Gasteiger partial charge in [-0.1, -0.05) is 36.4 Å². The van der Waals surface area contributed by atoms with Crippen LogP contribution in [0.15, 0.2) is 48.5 Å². The molecular weight excluding hydrogens is 286 g/mol. The molecule has 1 atom stereocenters. The number of para-hydroxylation sites is 1. The standard InChI is InChI=1S/C19H19N3O/c20-12-15-7-2-4-10-17(15)22-19(23)13-21-18-11-5-8-14-6-1-3-9-16(14)18/h1-4,6-7,9-10,18,21H,5,8,11,13H2,(H,22,23). The van der Waals surface area contributed by atoms with E-state index in [2.05, 4.69) is 34.9 Å². The van der Waals surface area contributed by atoms with Crippen LogP contribution in [0.4, 0.5) is 5.69 Å². The maximum Gasteiger partial charge on any atom is 0.238 e. The molecule has 0 aliphatic heterocycles. The van der Waals surface area contributed by atoms with Crippen LogP contribution in [0, 0.1) is 11.3 Å². The van der Waals surface area contributed by atoms with Gasteiger partial charge in [0.05, 0.1) is 17.8 Å². The van der Waals surface area contributed by atoms with Crippen LogP contribution < -0.4 is 10.6 Å². The molecule has 23 heavy (non-hydrogen) atoms. The van der Waals surface area contributed by atoms with Crippen LogP contribution in [-0.2, 0) is 11.2 Å². The molecule has 4 heteroatoms. The molecule has 1 aliphatic carbocycles. The van der Waals surface area contributed by atoms with Gasteiger partial charge >= 0.3 is 0 Å². The molecule has 1 aliphatic rings. The summed E-state index contributed by atoms with van der Waals surface area (Å²) < 4.78 is 0. The molecule has 0 spiro atoms. The summed E-state index contributed by atoms with van der Waals surface area (Å²) in [6, 6.07) is 17.7. The second kappa shape index (κ2) is 7.08. The molecule has 2 aromatic rings. The van der Waals surface area contributed by atoms with Crippen molar-refractivity contribution < 1.29 is 4.79 Å². The van der Waals surface area contributed by atoms with Gasteiger partial charge in [0.2, 0.25) is 5.91 Å². The molecule has 1 amide bonds. The van der Waals surface area contributed by atoms with E-state index < -0.39 is 0 Å². The molecule has 2 aromatic carbocycles. The van der Waals surface area contributed by atoms with Crippen molar-refractivity contribution in [2.45, 2.75) is 25.3 Å². The quantitative estimate of drug-likeness (QED) is 0.912. The number of aryl methyl sites for hydroxylation is 1. The second-order valence-corrected chi connectivity index (χ2v) is 5.73. The average Bonchev–Trinajstić information content (AvgIpc) is 2.60. The summed E-state index contributed by atoms with van der Waals surface area (Å²) in [6.45, 7) is 0.235. The molecule has 0 bridgehead atoms. The van der Waals surface area contributed by atoms with E-state index in [1.54, 1.807) is 24.3 Å². The number of nitriles is 1. The Hall–Kier alpha value is -2.64. The third-order valence-corrected chi connectivity index (χ3v) is 4.20. The van der Waals surface area contributed by atoms with Gasteiger partial charge in [-0.05, 0) is 42.5 Å². The number of amides is 1. The molecule has 2 N–H and O–H groups in total. The zero-order valence-corrected chi connectivity index (χ0v) is 12.9. The zero-order valence-electron chi connectivity index (χ0n) is 12.9. The Morgan fingerprint density at radius 2 is 1.96 bits per heavy atom. The number of fused-ring (bicyclic) bond motifs is 1. The number of rotatable bonds is 4. The van der Waals surface area contributed by atoms with Crippen LogP contribution in [0.5, 0.6) is 0 Å². The van der Waals surface area contributed by atoms with Crippen molar-refractivity contribution >= 4 is 11.6 Å². The van der Waals surface area contributed by atoms with E-state index in [-0.39, 0.29) is 18.5 Å². The molecule has 0 aromatic heterocycles. The van der Waals surface area contributed by atoms with Crippen molar-refractivity contribution in [2.24, 2.45) is 0 Å². The number of nitrogens with one attached hydrogen (secondary N) is 2. The maximum absolute atomic E-state index is 12.2. The second-order valence-electron chi connectivity index (χ2n) is 5.73. The molecule has 0 saturated carbocycles. The summed E-state index contributed by atoms with van der Waals surface area (Å²) in [4.78, 5) is 12.2. The number of nitrogens with zero attached hydrogens (tertiary/aromatic N) is 1. The molecule has 0 heterocycles. The monoisotopic (exact) mass is 305 g/mol. The van der Waals surface area contributed by atoms with E-state index >= 15 is 0 Å². The number of carbonyl (C=O) groups is 1. The topological polar surface area (TPSA) is 64.9 Å². The van der Waals surface area contributed by atoms with E-state index in [4.69, 9.17) is 5.26 Å². The van der Waals surface area contributed by atoms with Gasteiger partial charge in [0.1, 0.15) is 6.07 Å². The number of hydrogen-bond acceptors (Lipinski definition) is 3. The van der Waals surface area contributed by atoms with E-state index in [1.165, 1.54) is 11.1 Å². The lowest BCUT2D eigenvalue weighted by Gasteiger charge is -2.26. The number of hydrogen-bond donors (Lipinski definition) is 2. The van der Waals surface area contributed by atoms with Crippen LogP contribution in [0.3, 0.4) is 0 Å². The van der Waals surface area contributed by atoms with Crippen LogP contribution >= 0.6 is 0 Å². The van der Waals surface area contributed by atoms with Crippen molar-refractivity contribution in [3.05, 3.63) is 65.2 Å². The van der Waals surface area contributed by atoms with Crippen molar-refractivity contribution in [3.8, 4) is 6.07 Å². The highest BCUT2D eigenvalue weighted by Crippen LogP contribution is 2.29. The van der Waals surface area contributed by atoms with Crippen molar-refractivity contribution in [3.63, 3.8) is 0 Å². The minimum atomic E-state index is -0.129. The molecule has 116 valence electrons. The van der Waals surface area contributed by atoms with Crippen molar-refractivity contribution in [2.75, 3.05) is 11.9 Å². The van der Waals surface area contributed by atoms with Gasteiger partial charge in [-0.15, -0.1) is 0 Å². The molecular formula is C19H19N3O. The lowest BCUT2D eigenvalue weighted by molar-refractivity contribution is -0.115. The fourth-order valence-corrected chi connectivity index (χ4v) is 3.07. The summed E-state index contributed by atoms with van der Waals surface area (Å²) in [5.74, 6) is -0.129. The first-order chi connectivity index (χ1) is 11.3. The minimum absolute atomic E-state index is 0.129. The summed E-state index contributed by atoms with van der Waals surface area (Å²) >= 11 is 0. The molecule has 0 radical (unpaired) electrons. The van der Waals surface area contributed by atoms with Gasteiger partial charge < -0.3 is 10.6 Å². The molecule has 0 saturated heterocycles. The Morgan fingerprint density at radius 3 is 2.83 bits per heavy atom.